The van der Waals surface area contributed by atoms with Gasteiger partial charge in [0.05, 0.1) is 11.3 Å². The molecule has 4 rings (SSSR count). The minimum Gasteiger partial charge on any atom is -0.291 e. The Hall–Kier alpha value is -1.65. The van der Waals surface area contributed by atoms with Crippen molar-refractivity contribution in [3.05, 3.63) is 71.8 Å². The summed E-state index contributed by atoms with van der Waals surface area (Å²) in [7, 11) is -3.11. The highest BCUT2D eigenvalue weighted by molar-refractivity contribution is 7.93. The molecule has 0 aromatic heterocycles. The van der Waals surface area contributed by atoms with E-state index in [4.69, 9.17) is 0 Å². The molecule has 0 unspecified atom stereocenters. The van der Waals surface area contributed by atoms with E-state index in [0.29, 0.717) is 0 Å². The smallest absolute Gasteiger partial charge is 0.161 e. The number of rotatable bonds is 3. The van der Waals surface area contributed by atoms with Gasteiger partial charge >= 0.3 is 0 Å². The zero-order valence-corrected chi connectivity index (χ0v) is 13.9. The average molecular weight is 327 g/mol. The molecule has 120 valence electrons. The first-order valence-corrected chi connectivity index (χ1v) is 9.93. The van der Waals surface area contributed by atoms with E-state index in [-0.39, 0.29) is 5.75 Å². The minimum absolute atomic E-state index is 0.226. The van der Waals surface area contributed by atoms with E-state index in [1.165, 1.54) is 0 Å². The summed E-state index contributed by atoms with van der Waals surface area (Å²) in [5.74, 6) is 0.226. The molecule has 2 aromatic rings. The molecule has 3 nitrogen and oxygen atoms in total. The van der Waals surface area contributed by atoms with Crippen LogP contribution in [-0.4, -0.2) is 32.2 Å². The first-order valence-electron chi connectivity index (χ1n) is 8.22. The van der Waals surface area contributed by atoms with Crippen molar-refractivity contribution >= 4 is 9.84 Å². The summed E-state index contributed by atoms with van der Waals surface area (Å²) >= 11 is 0. The van der Waals surface area contributed by atoms with Gasteiger partial charge in [0, 0.05) is 0 Å². The van der Waals surface area contributed by atoms with Gasteiger partial charge < -0.3 is 0 Å². The number of hydrogen-bond acceptors (Lipinski definition) is 3. The van der Waals surface area contributed by atoms with Gasteiger partial charge in [0.15, 0.2) is 9.84 Å². The van der Waals surface area contributed by atoms with Crippen LogP contribution >= 0.6 is 0 Å². The van der Waals surface area contributed by atoms with E-state index in [1.807, 2.05) is 48.5 Å². The zero-order valence-electron chi connectivity index (χ0n) is 13.1. The summed E-state index contributed by atoms with van der Waals surface area (Å²) in [5, 5.41) is -0.461. The molecule has 2 saturated heterocycles. The second-order valence-electron chi connectivity index (χ2n) is 6.58. The number of nitrogens with zero attached hydrogens (tertiary/aromatic N) is 1. The molecule has 0 radical (unpaired) electrons. The van der Waals surface area contributed by atoms with E-state index in [9.17, 15) is 8.42 Å². The molecule has 2 aliphatic heterocycles. The van der Waals surface area contributed by atoms with E-state index in [1.54, 1.807) is 0 Å². The quantitative estimate of drug-likeness (QED) is 0.869. The predicted octanol–water partition coefficient (Wildman–Crippen LogP) is 3.15. The van der Waals surface area contributed by atoms with Crippen molar-refractivity contribution in [1.29, 1.82) is 0 Å². The van der Waals surface area contributed by atoms with Gasteiger partial charge in [0.25, 0.3) is 0 Å². The van der Waals surface area contributed by atoms with Crippen LogP contribution in [-0.2, 0) is 15.4 Å². The van der Waals surface area contributed by atoms with Gasteiger partial charge in [0.2, 0.25) is 0 Å². The molecule has 2 fully saturated rings. The molecule has 0 spiro atoms. The minimum atomic E-state index is -3.11. The summed E-state index contributed by atoms with van der Waals surface area (Å²) in [6, 6.07) is 19.9. The van der Waals surface area contributed by atoms with Crippen LogP contribution in [0.3, 0.4) is 0 Å². The molecule has 0 bridgehead atoms. The topological polar surface area (TPSA) is 37.4 Å². The lowest BCUT2D eigenvalue weighted by Gasteiger charge is -2.54. The largest absolute Gasteiger partial charge is 0.291 e. The fourth-order valence-corrected chi connectivity index (χ4v) is 6.82. The highest BCUT2D eigenvalue weighted by atomic mass is 32.2. The van der Waals surface area contributed by atoms with Crippen LogP contribution in [0.4, 0.5) is 0 Å². The Balaban J connectivity index is 1.89. The number of hydrogen-bond donors (Lipinski definition) is 0. The Labute approximate surface area is 137 Å². The molecule has 2 aromatic carbocycles. The third-order valence-corrected chi connectivity index (χ3v) is 7.48. The van der Waals surface area contributed by atoms with E-state index in [2.05, 4.69) is 17.0 Å². The van der Waals surface area contributed by atoms with E-state index >= 15 is 0 Å². The van der Waals surface area contributed by atoms with Crippen molar-refractivity contribution in [2.75, 3.05) is 18.8 Å². The molecular weight excluding hydrogens is 306 g/mol. The van der Waals surface area contributed by atoms with Crippen molar-refractivity contribution in [2.24, 2.45) is 0 Å². The highest BCUT2D eigenvalue weighted by Gasteiger charge is 2.63. The lowest BCUT2D eigenvalue weighted by atomic mass is 9.82. The maximum absolute atomic E-state index is 12.7. The molecular formula is C19H21NO2S. The third kappa shape index (κ3) is 2.24. The molecule has 23 heavy (non-hydrogen) atoms. The number of benzene rings is 2. The van der Waals surface area contributed by atoms with Gasteiger partial charge in [-0.25, -0.2) is 8.42 Å². The van der Waals surface area contributed by atoms with Crippen LogP contribution < -0.4 is 0 Å². The highest BCUT2D eigenvalue weighted by Crippen LogP contribution is 2.55. The number of sulfone groups is 1. The molecule has 0 amide bonds. The molecule has 2 aliphatic rings. The second-order valence-corrected chi connectivity index (χ2v) is 8.67. The van der Waals surface area contributed by atoms with Crippen molar-refractivity contribution < 1.29 is 8.42 Å². The summed E-state index contributed by atoms with van der Waals surface area (Å²) in [4.78, 5) is 2.40. The molecule has 0 aliphatic carbocycles. The standard InChI is InChI=1S/C19H21NO2S/c21-23(22)15-19(20-13-7-8-14-20,17-11-5-2-6-12-17)18(23)16-9-3-1-4-10-16/h1-6,9-12,18H,7-8,13-15H2/t18-,19+/m0/s1. The second kappa shape index (κ2) is 5.46. The van der Waals surface area contributed by atoms with Gasteiger partial charge in [0.1, 0.15) is 5.25 Å². The third-order valence-electron chi connectivity index (χ3n) is 5.26. The fourth-order valence-electron chi connectivity index (χ4n) is 4.29. The Kier molecular flexibility index (Phi) is 3.54. The Bertz CT molecular complexity index is 783. The van der Waals surface area contributed by atoms with Gasteiger partial charge in [-0.1, -0.05) is 60.7 Å². The summed E-state index contributed by atoms with van der Waals surface area (Å²) in [6.07, 6.45) is 2.30. The van der Waals surface area contributed by atoms with Gasteiger partial charge in [-0.15, -0.1) is 0 Å². The molecule has 0 saturated carbocycles. The predicted molar refractivity (Wildman–Crippen MR) is 91.9 cm³/mol. The SMILES string of the molecule is O=S1(=O)C[C@](c2ccccc2)(N2CCCC2)[C@@H]1c1ccccc1. The van der Waals surface area contributed by atoms with Gasteiger partial charge in [-0.2, -0.15) is 0 Å². The first-order chi connectivity index (χ1) is 11.1. The summed E-state index contributed by atoms with van der Waals surface area (Å²) in [6.45, 7) is 1.96. The van der Waals surface area contributed by atoms with E-state index < -0.39 is 20.6 Å². The van der Waals surface area contributed by atoms with Crippen molar-refractivity contribution in [3.8, 4) is 0 Å². The molecule has 4 heteroatoms. The molecule has 0 N–H and O–H groups in total. The molecule has 2 atom stereocenters. The first kappa shape index (κ1) is 14.9. The van der Waals surface area contributed by atoms with Crippen LogP contribution in [0.1, 0.15) is 29.2 Å². The number of likely N-dealkylation sites (tertiary alicyclic amines) is 1. The van der Waals surface area contributed by atoms with Crippen LogP contribution in [0.15, 0.2) is 60.7 Å². The molecule has 2 heterocycles. The maximum Gasteiger partial charge on any atom is 0.161 e. The van der Waals surface area contributed by atoms with Crippen LogP contribution in [0.5, 0.6) is 0 Å². The van der Waals surface area contributed by atoms with Gasteiger partial charge in [-0.05, 0) is 37.1 Å². The maximum atomic E-state index is 12.7. The van der Waals surface area contributed by atoms with Crippen molar-refractivity contribution in [1.82, 2.24) is 4.90 Å². The Morgan fingerprint density at radius 3 is 2.00 bits per heavy atom. The lowest BCUT2D eigenvalue weighted by Crippen LogP contribution is -2.63. The normalized spacial score (nSPS) is 30.0. The van der Waals surface area contributed by atoms with E-state index in [0.717, 1.165) is 37.1 Å². The Morgan fingerprint density at radius 2 is 1.43 bits per heavy atom. The van der Waals surface area contributed by atoms with Gasteiger partial charge in [-0.3, -0.25) is 4.90 Å². The van der Waals surface area contributed by atoms with Crippen LogP contribution in [0, 0.1) is 0 Å². The average Bonchev–Trinajstić information content (AvgIpc) is 3.09. The van der Waals surface area contributed by atoms with Crippen molar-refractivity contribution in [3.63, 3.8) is 0 Å². The van der Waals surface area contributed by atoms with Crippen LogP contribution in [0.25, 0.3) is 0 Å². The monoisotopic (exact) mass is 327 g/mol. The lowest BCUT2D eigenvalue weighted by molar-refractivity contribution is 0.110. The fraction of sp³-hybridized carbons (Fsp3) is 0.368. The summed E-state index contributed by atoms with van der Waals surface area (Å²) < 4.78 is 25.5. The Morgan fingerprint density at radius 1 is 0.870 bits per heavy atom. The zero-order chi connectivity index (χ0) is 15.9. The summed E-state index contributed by atoms with van der Waals surface area (Å²) in [5.41, 5.74) is 1.64. The van der Waals surface area contributed by atoms with Crippen LogP contribution in [0.2, 0.25) is 0 Å². The van der Waals surface area contributed by atoms with Crippen molar-refractivity contribution in [2.45, 2.75) is 23.6 Å².